The number of para-hydroxylation sites is 1. The van der Waals surface area contributed by atoms with Crippen LogP contribution in [0.4, 0.5) is 0 Å². The average molecular weight is 342 g/mol. The lowest BCUT2D eigenvalue weighted by atomic mass is 10.2. The maximum Gasteiger partial charge on any atom is 0.352 e. The Morgan fingerprint density at radius 3 is 2.12 bits per heavy atom. The summed E-state index contributed by atoms with van der Waals surface area (Å²) in [4.78, 5) is 36.6. The largest absolute Gasteiger partial charge is 0.352 e. The number of hydrogen-bond donors (Lipinski definition) is 0. The molecule has 7 heteroatoms. The minimum atomic E-state index is -1.01. The minimum absolute atomic E-state index is 0.0189. The van der Waals surface area contributed by atoms with Crippen molar-refractivity contribution in [3.05, 3.63) is 92.8 Å². The SMILES string of the molecule is O=C(Cl)c1nn(-c2ccccc2)c(=O)n(Cc2ccccc2)c1=O. The van der Waals surface area contributed by atoms with Crippen molar-refractivity contribution in [2.45, 2.75) is 6.54 Å². The molecule has 3 aromatic rings. The van der Waals surface area contributed by atoms with Gasteiger partial charge in [0.1, 0.15) is 0 Å². The molecule has 0 amide bonds. The van der Waals surface area contributed by atoms with Gasteiger partial charge in [0.25, 0.3) is 10.8 Å². The fourth-order valence-electron chi connectivity index (χ4n) is 2.28. The second-order valence-electron chi connectivity index (χ2n) is 5.03. The molecule has 0 radical (unpaired) electrons. The Labute approximate surface area is 141 Å². The Bertz CT molecular complexity index is 995. The van der Waals surface area contributed by atoms with Gasteiger partial charge in [-0.3, -0.25) is 14.2 Å². The number of benzene rings is 2. The van der Waals surface area contributed by atoms with Gasteiger partial charge in [-0.1, -0.05) is 48.5 Å². The monoisotopic (exact) mass is 341 g/mol. The highest BCUT2D eigenvalue weighted by Gasteiger charge is 2.18. The summed E-state index contributed by atoms with van der Waals surface area (Å²) in [5.41, 5.74) is -0.761. The van der Waals surface area contributed by atoms with Gasteiger partial charge >= 0.3 is 5.69 Å². The van der Waals surface area contributed by atoms with Crippen molar-refractivity contribution in [1.82, 2.24) is 14.3 Å². The van der Waals surface area contributed by atoms with Gasteiger partial charge in [0, 0.05) is 0 Å². The first kappa shape index (κ1) is 15.9. The van der Waals surface area contributed by atoms with E-state index in [0.717, 1.165) is 14.8 Å². The van der Waals surface area contributed by atoms with E-state index >= 15 is 0 Å². The molecule has 0 aliphatic heterocycles. The lowest BCUT2D eigenvalue weighted by Crippen LogP contribution is -2.43. The second kappa shape index (κ2) is 6.64. The molecule has 0 saturated carbocycles. The zero-order chi connectivity index (χ0) is 17.1. The van der Waals surface area contributed by atoms with E-state index in [2.05, 4.69) is 5.10 Å². The number of halogens is 1. The molecule has 0 bridgehead atoms. The Kier molecular flexibility index (Phi) is 4.39. The smallest absolute Gasteiger partial charge is 0.274 e. The van der Waals surface area contributed by atoms with Gasteiger partial charge in [0.05, 0.1) is 12.2 Å². The van der Waals surface area contributed by atoms with Crippen molar-refractivity contribution >= 4 is 16.8 Å². The maximum atomic E-state index is 12.7. The summed E-state index contributed by atoms with van der Waals surface area (Å²) >= 11 is 5.47. The molecule has 0 unspecified atom stereocenters. The molecule has 0 N–H and O–H groups in total. The predicted molar refractivity (Wildman–Crippen MR) is 89.8 cm³/mol. The van der Waals surface area contributed by atoms with E-state index < -0.39 is 22.2 Å². The Morgan fingerprint density at radius 2 is 1.54 bits per heavy atom. The highest BCUT2D eigenvalue weighted by Crippen LogP contribution is 2.04. The van der Waals surface area contributed by atoms with Gasteiger partial charge < -0.3 is 0 Å². The summed E-state index contributed by atoms with van der Waals surface area (Å²) in [5.74, 6) is 0. The molecule has 1 heterocycles. The van der Waals surface area contributed by atoms with E-state index in [1.807, 2.05) is 6.07 Å². The van der Waals surface area contributed by atoms with Gasteiger partial charge in [-0.2, -0.15) is 9.78 Å². The number of carbonyl (C=O) groups excluding carboxylic acids is 1. The van der Waals surface area contributed by atoms with Crippen LogP contribution in [0, 0.1) is 0 Å². The number of rotatable bonds is 4. The number of nitrogens with zero attached hydrogens (tertiary/aromatic N) is 3. The van der Waals surface area contributed by atoms with Crippen molar-refractivity contribution in [3.63, 3.8) is 0 Å². The van der Waals surface area contributed by atoms with Crippen LogP contribution in [0.3, 0.4) is 0 Å². The lowest BCUT2D eigenvalue weighted by molar-refractivity contribution is 0.107. The molecule has 1 aromatic heterocycles. The van der Waals surface area contributed by atoms with Gasteiger partial charge in [-0.05, 0) is 29.3 Å². The summed E-state index contributed by atoms with van der Waals surface area (Å²) in [6, 6.07) is 17.5. The molecule has 0 aliphatic rings. The molecule has 3 rings (SSSR count). The van der Waals surface area contributed by atoms with Crippen LogP contribution in [0.5, 0.6) is 0 Å². The second-order valence-corrected chi connectivity index (χ2v) is 5.37. The van der Waals surface area contributed by atoms with Crippen LogP contribution in [0.2, 0.25) is 0 Å². The maximum absolute atomic E-state index is 12.7. The fraction of sp³-hybridized carbons (Fsp3) is 0.0588. The molecular formula is C17H12ClN3O3. The number of carbonyl (C=O) groups is 1. The van der Waals surface area contributed by atoms with Crippen molar-refractivity contribution in [1.29, 1.82) is 0 Å². The summed E-state index contributed by atoms with van der Waals surface area (Å²) in [6.45, 7) is 0.0189. The van der Waals surface area contributed by atoms with Crippen LogP contribution in [-0.4, -0.2) is 19.6 Å². The highest BCUT2D eigenvalue weighted by molar-refractivity contribution is 6.67. The third-order valence-corrected chi connectivity index (χ3v) is 3.61. The molecule has 0 fully saturated rings. The predicted octanol–water partition coefficient (Wildman–Crippen LogP) is 1.82. The zero-order valence-corrected chi connectivity index (χ0v) is 13.2. The fourth-order valence-corrected chi connectivity index (χ4v) is 2.40. The van der Waals surface area contributed by atoms with Gasteiger partial charge in [0.15, 0.2) is 0 Å². The molecule has 120 valence electrons. The quantitative estimate of drug-likeness (QED) is 0.678. The first-order chi connectivity index (χ1) is 11.6. The van der Waals surface area contributed by atoms with E-state index in [0.29, 0.717) is 5.69 Å². The molecule has 24 heavy (non-hydrogen) atoms. The topological polar surface area (TPSA) is 74.0 Å². The van der Waals surface area contributed by atoms with Crippen LogP contribution in [0.15, 0.2) is 70.3 Å². The van der Waals surface area contributed by atoms with Crippen LogP contribution in [0.25, 0.3) is 5.69 Å². The highest BCUT2D eigenvalue weighted by atomic mass is 35.5. The van der Waals surface area contributed by atoms with Gasteiger partial charge in [-0.15, -0.1) is 0 Å². The summed E-state index contributed by atoms with van der Waals surface area (Å²) in [5, 5.41) is 2.83. The molecule has 0 aliphatic carbocycles. The summed E-state index contributed by atoms with van der Waals surface area (Å²) in [7, 11) is 0. The number of aromatic nitrogens is 3. The zero-order valence-electron chi connectivity index (χ0n) is 12.4. The van der Waals surface area contributed by atoms with Crippen LogP contribution in [0.1, 0.15) is 16.1 Å². The molecule has 0 atom stereocenters. The summed E-state index contributed by atoms with van der Waals surface area (Å²) < 4.78 is 1.95. The van der Waals surface area contributed by atoms with Crippen LogP contribution in [-0.2, 0) is 6.54 Å². The Balaban J connectivity index is 2.24. The van der Waals surface area contributed by atoms with Crippen LogP contribution < -0.4 is 11.2 Å². The molecular weight excluding hydrogens is 330 g/mol. The first-order valence-electron chi connectivity index (χ1n) is 7.11. The van der Waals surface area contributed by atoms with E-state index in [1.165, 1.54) is 0 Å². The van der Waals surface area contributed by atoms with Crippen molar-refractivity contribution < 1.29 is 4.79 Å². The Morgan fingerprint density at radius 1 is 0.958 bits per heavy atom. The molecule has 6 nitrogen and oxygen atoms in total. The van der Waals surface area contributed by atoms with E-state index in [1.54, 1.807) is 54.6 Å². The van der Waals surface area contributed by atoms with Crippen molar-refractivity contribution in [3.8, 4) is 5.69 Å². The molecule has 0 spiro atoms. The normalized spacial score (nSPS) is 10.5. The third kappa shape index (κ3) is 3.04. The van der Waals surface area contributed by atoms with Crippen molar-refractivity contribution in [2.24, 2.45) is 0 Å². The minimum Gasteiger partial charge on any atom is -0.274 e. The van der Waals surface area contributed by atoms with E-state index in [4.69, 9.17) is 11.6 Å². The third-order valence-electron chi connectivity index (χ3n) is 3.43. The lowest BCUT2D eigenvalue weighted by Gasteiger charge is -2.10. The van der Waals surface area contributed by atoms with Crippen LogP contribution >= 0.6 is 11.6 Å². The summed E-state index contributed by atoms with van der Waals surface area (Å²) in [6.07, 6.45) is 0. The van der Waals surface area contributed by atoms with E-state index in [9.17, 15) is 14.4 Å². The van der Waals surface area contributed by atoms with Gasteiger partial charge in [-0.25, -0.2) is 4.79 Å². The standard InChI is InChI=1S/C17H12ClN3O3/c18-15(22)14-16(23)20(11-12-7-3-1-4-8-12)17(24)21(19-14)13-9-5-2-6-10-13/h1-10H,11H2. The molecule has 2 aromatic carbocycles. The van der Waals surface area contributed by atoms with E-state index in [-0.39, 0.29) is 6.54 Å². The molecule has 0 saturated heterocycles. The first-order valence-corrected chi connectivity index (χ1v) is 7.49. The number of hydrogen-bond acceptors (Lipinski definition) is 4. The average Bonchev–Trinajstić information content (AvgIpc) is 2.60. The van der Waals surface area contributed by atoms with Crippen molar-refractivity contribution in [2.75, 3.05) is 0 Å². The Hall–Kier alpha value is -2.99. The van der Waals surface area contributed by atoms with Gasteiger partial charge in [0.2, 0.25) is 5.69 Å².